The molecule has 0 aliphatic heterocycles. The summed E-state index contributed by atoms with van der Waals surface area (Å²) in [5, 5.41) is 12.3. The maximum atomic E-state index is 9.20. The lowest BCUT2D eigenvalue weighted by Gasteiger charge is -2.08. The van der Waals surface area contributed by atoms with Gasteiger partial charge in [0.25, 0.3) is 0 Å². The maximum absolute atomic E-state index is 9.20. The Morgan fingerprint density at radius 2 is 2.23 bits per heavy atom. The highest BCUT2D eigenvalue weighted by atomic mass is 16.5. The summed E-state index contributed by atoms with van der Waals surface area (Å²) in [6.07, 6.45) is 0.903. The van der Waals surface area contributed by atoms with Crippen LogP contribution in [0.1, 0.15) is 5.56 Å². The molecule has 0 aliphatic rings. The lowest BCUT2D eigenvalue weighted by atomic mass is 10.1. The number of hydrogen-bond acceptors (Lipinski definition) is 3. The highest BCUT2D eigenvalue weighted by Gasteiger charge is 2.02. The molecule has 0 atom stereocenters. The van der Waals surface area contributed by atoms with E-state index in [0.717, 1.165) is 24.3 Å². The number of phenols is 1. The Morgan fingerprint density at radius 3 is 2.85 bits per heavy atom. The van der Waals surface area contributed by atoms with E-state index in [1.165, 1.54) is 0 Å². The summed E-state index contributed by atoms with van der Waals surface area (Å²) in [5.41, 5.74) is 1.11. The molecule has 0 heterocycles. The van der Waals surface area contributed by atoms with E-state index in [4.69, 9.17) is 4.74 Å². The number of likely N-dealkylation sites (N-methyl/N-ethyl adjacent to an activating group) is 1. The van der Waals surface area contributed by atoms with E-state index < -0.39 is 0 Å². The third-order valence-electron chi connectivity index (χ3n) is 1.91. The first kappa shape index (κ1) is 9.86. The number of methoxy groups -OCH3 is 1. The monoisotopic (exact) mass is 181 g/mol. The standard InChI is InChI=1S/C10H15NO2/c1-11-6-5-8-3-4-9(12)7-10(8)13-2/h3-4,7,11-12H,5-6H2,1-2H3. The predicted molar refractivity (Wildman–Crippen MR) is 52.3 cm³/mol. The molecule has 0 aliphatic carbocycles. The van der Waals surface area contributed by atoms with E-state index in [0.29, 0.717) is 0 Å². The van der Waals surface area contributed by atoms with Crippen LogP contribution in [0.3, 0.4) is 0 Å². The van der Waals surface area contributed by atoms with Gasteiger partial charge in [-0.3, -0.25) is 0 Å². The van der Waals surface area contributed by atoms with Gasteiger partial charge in [0.1, 0.15) is 11.5 Å². The average molecular weight is 181 g/mol. The third-order valence-corrected chi connectivity index (χ3v) is 1.91. The highest BCUT2D eigenvalue weighted by molar-refractivity contribution is 5.40. The number of aromatic hydroxyl groups is 1. The van der Waals surface area contributed by atoms with E-state index in [-0.39, 0.29) is 5.75 Å². The van der Waals surface area contributed by atoms with Crippen LogP contribution in [0.25, 0.3) is 0 Å². The molecule has 3 heteroatoms. The molecular weight excluding hydrogens is 166 g/mol. The molecule has 2 N–H and O–H groups in total. The first-order valence-corrected chi connectivity index (χ1v) is 4.28. The fraction of sp³-hybridized carbons (Fsp3) is 0.400. The molecule has 0 radical (unpaired) electrons. The lowest BCUT2D eigenvalue weighted by Crippen LogP contribution is -2.10. The topological polar surface area (TPSA) is 41.5 Å². The minimum Gasteiger partial charge on any atom is -0.508 e. The van der Waals surface area contributed by atoms with Crippen molar-refractivity contribution in [2.24, 2.45) is 0 Å². The number of hydrogen-bond donors (Lipinski definition) is 2. The van der Waals surface area contributed by atoms with Gasteiger partial charge < -0.3 is 15.2 Å². The average Bonchev–Trinajstić information content (AvgIpc) is 2.16. The molecule has 0 aromatic heterocycles. The smallest absolute Gasteiger partial charge is 0.125 e. The summed E-state index contributed by atoms with van der Waals surface area (Å²) in [5.74, 6) is 0.986. The summed E-state index contributed by atoms with van der Waals surface area (Å²) in [7, 11) is 3.52. The second-order valence-electron chi connectivity index (χ2n) is 2.85. The maximum Gasteiger partial charge on any atom is 0.125 e. The van der Waals surface area contributed by atoms with Crippen molar-refractivity contribution in [1.82, 2.24) is 5.32 Å². The quantitative estimate of drug-likeness (QED) is 0.732. The summed E-state index contributed by atoms with van der Waals surface area (Å²) >= 11 is 0. The minimum absolute atomic E-state index is 0.241. The van der Waals surface area contributed by atoms with Crippen molar-refractivity contribution in [3.63, 3.8) is 0 Å². The fourth-order valence-electron chi connectivity index (χ4n) is 1.20. The van der Waals surface area contributed by atoms with Crippen molar-refractivity contribution in [2.45, 2.75) is 6.42 Å². The van der Waals surface area contributed by atoms with Crippen molar-refractivity contribution in [3.8, 4) is 11.5 Å². The van der Waals surface area contributed by atoms with Crippen LogP contribution < -0.4 is 10.1 Å². The number of rotatable bonds is 4. The van der Waals surface area contributed by atoms with Crippen LogP contribution in [0.4, 0.5) is 0 Å². The molecule has 0 saturated heterocycles. The lowest BCUT2D eigenvalue weighted by molar-refractivity contribution is 0.402. The van der Waals surface area contributed by atoms with Crippen LogP contribution in [0, 0.1) is 0 Å². The van der Waals surface area contributed by atoms with Crippen LogP contribution in [0.15, 0.2) is 18.2 Å². The summed E-state index contributed by atoms with van der Waals surface area (Å²) in [6.45, 7) is 0.904. The van der Waals surface area contributed by atoms with Gasteiger partial charge in [0.05, 0.1) is 7.11 Å². The first-order valence-electron chi connectivity index (χ1n) is 4.28. The van der Waals surface area contributed by atoms with E-state index in [1.54, 1.807) is 19.2 Å². The molecule has 1 aromatic carbocycles. The molecule has 1 rings (SSSR count). The van der Waals surface area contributed by atoms with Gasteiger partial charge in [-0.25, -0.2) is 0 Å². The summed E-state index contributed by atoms with van der Waals surface area (Å²) < 4.78 is 5.14. The van der Waals surface area contributed by atoms with Gasteiger partial charge in [0.2, 0.25) is 0 Å². The number of ether oxygens (including phenoxy) is 1. The molecule has 13 heavy (non-hydrogen) atoms. The van der Waals surface area contributed by atoms with E-state index in [1.807, 2.05) is 13.1 Å². The summed E-state index contributed by atoms with van der Waals surface area (Å²) in [4.78, 5) is 0. The van der Waals surface area contributed by atoms with E-state index in [2.05, 4.69) is 5.32 Å². The molecule has 0 fully saturated rings. The minimum atomic E-state index is 0.241. The Bertz CT molecular complexity index is 274. The Hall–Kier alpha value is -1.22. The van der Waals surface area contributed by atoms with Gasteiger partial charge in [0, 0.05) is 6.07 Å². The molecule has 0 saturated carbocycles. The van der Waals surface area contributed by atoms with Gasteiger partial charge in [-0.2, -0.15) is 0 Å². The largest absolute Gasteiger partial charge is 0.508 e. The van der Waals surface area contributed by atoms with Crippen LogP contribution in [0.2, 0.25) is 0 Å². The molecule has 1 aromatic rings. The number of benzene rings is 1. The molecule has 3 nitrogen and oxygen atoms in total. The van der Waals surface area contributed by atoms with Crippen molar-refractivity contribution in [3.05, 3.63) is 23.8 Å². The molecule has 0 bridgehead atoms. The van der Waals surface area contributed by atoms with Gasteiger partial charge in [-0.05, 0) is 31.6 Å². The van der Waals surface area contributed by atoms with Crippen molar-refractivity contribution < 1.29 is 9.84 Å². The molecule has 0 spiro atoms. The highest BCUT2D eigenvalue weighted by Crippen LogP contribution is 2.23. The number of phenolic OH excluding ortho intramolecular Hbond substituents is 1. The SMILES string of the molecule is CNCCc1ccc(O)cc1OC. The van der Waals surface area contributed by atoms with Gasteiger partial charge in [-0.1, -0.05) is 6.07 Å². The Kier molecular flexibility index (Phi) is 3.58. The van der Waals surface area contributed by atoms with Crippen LogP contribution in [-0.4, -0.2) is 25.8 Å². The van der Waals surface area contributed by atoms with Gasteiger partial charge in [-0.15, -0.1) is 0 Å². The van der Waals surface area contributed by atoms with Crippen molar-refractivity contribution in [1.29, 1.82) is 0 Å². The second kappa shape index (κ2) is 4.72. The van der Waals surface area contributed by atoms with Crippen LogP contribution in [-0.2, 0) is 6.42 Å². The van der Waals surface area contributed by atoms with E-state index in [9.17, 15) is 5.11 Å². The third kappa shape index (κ3) is 2.63. The normalized spacial score (nSPS) is 10.0. The first-order chi connectivity index (χ1) is 6.27. The van der Waals surface area contributed by atoms with E-state index >= 15 is 0 Å². The second-order valence-corrected chi connectivity index (χ2v) is 2.85. The zero-order valence-corrected chi connectivity index (χ0v) is 8.00. The zero-order chi connectivity index (χ0) is 9.68. The Labute approximate surface area is 78.3 Å². The molecule has 0 unspecified atom stereocenters. The fourth-order valence-corrected chi connectivity index (χ4v) is 1.20. The van der Waals surface area contributed by atoms with Crippen LogP contribution >= 0.6 is 0 Å². The molecule has 0 amide bonds. The zero-order valence-electron chi connectivity index (χ0n) is 8.00. The van der Waals surface area contributed by atoms with Gasteiger partial charge in [0.15, 0.2) is 0 Å². The number of nitrogens with one attached hydrogen (secondary N) is 1. The van der Waals surface area contributed by atoms with Gasteiger partial charge >= 0.3 is 0 Å². The predicted octanol–water partition coefficient (Wildman–Crippen LogP) is 1.16. The van der Waals surface area contributed by atoms with Crippen LogP contribution in [0.5, 0.6) is 11.5 Å². The van der Waals surface area contributed by atoms with Crippen molar-refractivity contribution in [2.75, 3.05) is 20.7 Å². The summed E-state index contributed by atoms with van der Waals surface area (Å²) in [6, 6.07) is 5.18. The molecule has 72 valence electrons. The molecular formula is C10H15NO2. The Morgan fingerprint density at radius 1 is 1.46 bits per heavy atom. The van der Waals surface area contributed by atoms with Crippen molar-refractivity contribution >= 4 is 0 Å². The Balaban J connectivity index is 2.79.